The monoisotopic (exact) mass is 410 g/mol. The van der Waals surface area contributed by atoms with Crippen LogP contribution < -0.4 is 0 Å². The molecule has 0 saturated carbocycles. The molecule has 140 valence electrons. The molecule has 0 amide bonds. The number of esters is 1. The molecule has 0 N–H and O–H groups in total. The van der Waals surface area contributed by atoms with Gasteiger partial charge in [-0.25, -0.2) is 4.79 Å². The van der Waals surface area contributed by atoms with Gasteiger partial charge in [-0.2, -0.15) is 0 Å². The minimum Gasteiger partial charge on any atom is -0.458 e. The second-order valence-corrected chi connectivity index (χ2v) is 7.64. The summed E-state index contributed by atoms with van der Waals surface area (Å²) in [6.07, 6.45) is 1.93. The Hall–Kier alpha value is -0.820. The van der Waals surface area contributed by atoms with Crippen LogP contribution in [0.15, 0.2) is 42.5 Å². The van der Waals surface area contributed by atoms with E-state index in [1.165, 1.54) is 13.2 Å². The van der Waals surface area contributed by atoms with E-state index >= 15 is 0 Å². The standard InChI is InChI=1S/C17H21Cl3O5/c1-13(25-12-22-2)15(23-10-14-6-4-3-5-7-14)8-9-16(21)24-11-17(18,19)20/h3-9,13,15H,10-12H2,1-2H3/b9-8+/t13-,15+/m0/s1. The number of methoxy groups -OCH3 is 1. The van der Waals surface area contributed by atoms with Crippen molar-refractivity contribution in [1.82, 2.24) is 0 Å². The minimum absolute atomic E-state index is 0.109. The van der Waals surface area contributed by atoms with Crippen molar-refractivity contribution >= 4 is 40.8 Å². The van der Waals surface area contributed by atoms with Gasteiger partial charge >= 0.3 is 5.97 Å². The highest BCUT2D eigenvalue weighted by Crippen LogP contribution is 2.25. The third-order valence-corrected chi connectivity index (χ3v) is 3.32. The Bertz CT molecular complexity index is 531. The van der Waals surface area contributed by atoms with Crippen LogP contribution in [0.5, 0.6) is 0 Å². The van der Waals surface area contributed by atoms with E-state index in [-0.39, 0.29) is 19.5 Å². The number of carbonyl (C=O) groups excluding carboxylic acids is 1. The number of benzene rings is 1. The second kappa shape index (κ2) is 11.7. The molecule has 25 heavy (non-hydrogen) atoms. The van der Waals surface area contributed by atoms with Crippen molar-refractivity contribution in [2.45, 2.75) is 29.5 Å². The topological polar surface area (TPSA) is 54.0 Å². The van der Waals surface area contributed by atoms with E-state index in [9.17, 15) is 4.79 Å². The molecule has 0 aromatic heterocycles. The van der Waals surface area contributed by atoms with Crippen LogP contribution in [0.4, 0.5) is 0 Å². The third kappa shape index (κ3) is 10.7. The molecule has 0 aliphatic carbocycles. The predicted octanol–water partition coefficient (Wildman–Crippen LogP) is 4.05. The molecule has 1 rings (SSSR count). The van der Waals surface area contributed by atoms with Gasteiger partial charge in [0.05, 0.1) is 12.7 Å². The van der Waals surface area contributed by atoms with Gasteiger partial charge in [-0.3, -0.25) is 0 Å². The van der Waals surface area contributed by atoms with Gasteiger partial charge in [0, 0.05) is 13.2 Å². The molecule has 0 bridgehead atoms. The van der Waals surface area contributed by atoms with Gasteiger partial charge in [0.25, 0.3) is 0 Å². The first kappa shape index (κ1) is 22.2. The molecule has 0 radical (unpaired) electrons. The van der Waals surface area contributed by atoms with Gasteiger partial charge in [-0.05, 0) is 18.6 Å². The summed E-state index contributed by atoms with van der Waals surface area (Å²) in [7, 11) is 1.52. The van der Waals surface area contributed by atoms with Crippen LogP contribution in [0.3, 0.4) is 0 Å². The maximum atomic E-state index is 11.7. The van der Waals surface area contributed by atoms with Crippen molar-refractivity contribution in [3.05, 3.63) is 48.0 Å². The quantitative estimate of drug-likeness (QED) is 0.252. The van der Waals surface area contributed by atoms with Crippen LogP contribution in [0.2, 0.25) is 0 Å². The van der Waals surface area contributed by atoms with E-state index in [1.54, 1.807) is 6.08 Å². The largest absolute Gasteiger partial charge is 0.458 e. The number of rotatable bonds is 10. The van der Waals surface area contributed by atoms with E-state index in [1.807, 2.05) is 37.3 Å². The van der Waals surface area contributed by atoms with E-state index in [4.69, 9.17) is 53.8 Å². The van der Waals surface area contributed by atoms with Crippen LogP contribution >= 0.6 is 34.8 Å². The fourth-order valence-electron chi connectivity index (χ4n) is 1.76. The minimum atomic E-state index is -1.65. The maximum absolute atomic E-state index is 11.7. The fraction of sp³-hybridized carbons (Fsp3) is 0.471. The molecule has 2 atom stereocenters. The summed E-state index contributed by atoms with van der Waals surface area (Å²) in [4.78, 5) is 11.7. The van der Waals surface area contributed by atoms with Crippen molar-refractivity contribution < 1.29 is 23.7 Å². The Morgan fingerprint density at radius 2 is 1.88 bits per heavy atom. The number of halogens is 3. The lowest BCUT2D eigenvalue weighted by molar-refractivity contribution is -0.137. The molecule has 1 aromatic rings. The number of ether oxygens (including phenoxy) is 4. The lowest BCUT2D eigenvalue weighted by atomic mass is 10.2. The van der Waals surface area contributed by atoms with Crippen LogP contribution in [0.25, 0.3) is 0 Å². The summed E-state index contributed by atoms with van der Waals surface area (Å²) >= 11 is 16.6. The Kier molecular flexibility index (Phi) is 10.4. The third-order valence-electron chi connectivity index (χ3n) is 3.00. The highest BCUT2D eigenvalue weighted by molar-refractivity contribution is 6.67. The molecule has 0 fully saturated rings. The summed E-state index contributed by atoms with van der Waals surface area (Å²) in [5, 5.41) is 0. The highest BCUT2D eigenvalue weighted by atomic mass is 35.6. The average molecular weight is 412 g/mol. The van der Waals surface area contributed by atoms with Crippen LogP contribution in [0.1, 0.15) is 12.5 Å². The lowest BCUT2D eigenvalue weighted by Crippen LogP contribution is -2.28. The molecule has 0 saturated heterocycles. The summed E-state index contributed by atoms with van der Waals surface area (Å²) < 4.78 is 19.4. The molecule has 0 aliphatic rings. The first-order chi connectivity index (χ1) is 11.8. The molecule has 8 heteroatoms. The van der Waals surface area contributed by atoms with E-state index in [2.05, 4.69) is 0 Å². The summed E-state index contributed by atoms with van der Waals surface area (Å²) in [6.45, 7) is 1.94. The zero-order valence-corrected chi connectivity index (χ0v) is 16.3. The Morgan fingerprint density at radius 1 is 1.20 bits per heavy atom. The molecule has 0 unspecified atom stereocenters. The zero-order valence-electron chi connectivity index (χ0n) is 14.0. The van der Waals surface area contributed by atoms with Crippen LogP contribution in [-0.2, 0) is 30.3 Å². The van der Waals surface area contributed by atoms with E-state index in [0.29, 0.717) is 6.61 Å². The van der Waals surface area contributed by atoms with E-state index < -0.39 is 15.9 Å². The first-order valence-corrected chi connectivity index (χ1v) is 8.63. The van der Waals surface area contributed by atoms with Gasteiger partial charge in [0.15, 0.2) is 0 Å². The molecule has 5 nitrogen and oxygen atoms in total. The lowest BCUT2D eigenvalue weighted by Gasteiger charge is -2.21. The van der Waals surface area contributed by atoms with Gasteiger partial charge < -0.3 is 18.9 Å². The summed E-state index contributed by atoms with van der Waals surface area (Å²) in [6, 6.07) is 9.64. The van der Waals surface area contributed by atoms with Crippen LogP contribution in [0, 0.1) is 0 Å². The molecule has 0 spiro atoms. The Morgan fingerprint density at radius 3 is 2.48 bits per heavy atom. The van der Waals surface area contributed by atoms with E-state index in [0.717, 1.165) is 5.56 Å². The zero-order chi connectivity index (χ0) is 18.7. The molecular weight excluding hydrogens is 391 g/mol. The number of carbonyl (C=O) groups is 1. The second-order valence-electron chi connectivity index (χ2n) is 5.12. The first-order valence-electron chi connectivity index (χ1n) is 7.49. The fourth-order valence-corrected chi connectivity index (χ4v) is 1.92. The maximum Gasteiger partial charge on any atom is 0.330 e. The van der Waals surface area contributed by atoms with Crippen molar-refractivity contribution in [2.75, 3.05) is 20.5 Å². The van der Waals surface area contributed by atoms with Crippen LogP contribution in [-0.4, -0.2) is 42.5 Å². The molecule has 1 aromatic carbocycles. The molecular formula is C17H21Cl3O5. The van der Waals surface area contributed by atoms with Gasteiger partial charge in [-0.1, -0.05) is 65.1 Å². The smallest absolute Gasteiger partial charge is 0.330 e. The predicted molar refractivity (Wildman–Crippen MR) is 97.8 cm³/mol. The summed E-state index contributed by atoms with van der Waals surface area (Å²) in [5.74, 6) is -0.640. The number of hydrogen-bond donors (Lipinski definition) is 0. The SMILES string of the molecule is COCO[C@@H](C)[C@@H](/C=C/C(=O)OCC(Cl)(Cl)Cl)OCc1ccccc1. The Balaban J connectivity index is 2.63. The number of hydrogen-bond acceptors (Lipinski definition) is 5. The van der Waals surface area contributed by atoms with Gasteiger partial charge in [0.2, 0.25) is 3.79 Å². The van der Waals surface area contributed by atoms with Gasteiger partial charge in [-0.15, -0.1) is 0 Å². The van der Waals surface area contributed by atoms with Crippen molar-refractivity contribution in [3.8, 4) is 0 Å². The number of alkyl halides is 3. The Labute approximate surface area is 162 Å². The summed E-state index contributed by atoms with van der Waals surface area (Å²) in [5.41, 5.74) is 0.999. The van der Waals surface area contributed by atoms with Gasteiger partial charge in [0.1, 0.15) is 19.5 Å². The van der Waals surface area contributed by atoms with Crippen molar-refractivity contribution in [3.63, 3.8) is 0 Å². The molecule has 0 aliphatic heterocycles. The normalized spacial score (nSPS) is 14.4. The average Bonchev–Trinajstić information content (AvgIpc) is 2.58. The highest BCUT2D eigenvalue weighted by Gasteiger charge is 2.22. The van der Waals surface area contributed by atoms with Crippen molar-refractivity contribution in [2.24, 2.45) is 0 Å². The van der Waals surface area contributed by atoms with Crippen molar-refractivity contribution in [1.29, 1.82) is 0 Å². The molecule has 0 heterocycles.